The van der Waals surface area contributed by atoms with Crippen molar-refractivity contribution < 1.29 is 8.83 Å². The second-order valence-corrected chi connectivity index (χ2v) is 21.4. The van der Waals surface area contributed by atoms with Crippen LogP contribution in [0.5, 0.6) is 0 Å². The van der Waals surface area contributed by atoms with Crippen LogP contribution in [0.1, 0.15) is 75.6 Å². The van der Waals surface area contributed by atoms with Crippen LogP contribution in [0.4, 0.5) is 34.1 Å². The SMILES string of the molecule is CC(C)(C)c1nc2c(N(c3ccccc3)c3ccc4ccccc4c3)cc3c(c2o1)-c1c(cc(N(c2ccccc2)c2ccc4ccccc4c2)c2nc(C(C)(C)C)oc12)C3(c1ccccc1)c1ccccc1. The van der Waals surface area contributed by atoms with Crippen LogP contribution in [0.3, 0.4) is 0 Å². The molecule has 0 amide bonds. The molecule has 73 heavy (non-hydrogen) atoms. The molecule has 6 nitrogen and oxygen atoms in total. The molecular formula is C67H54N4O2. The third-order valence-electron chi connectivity index (χ3n) is 14.5. The van der Waals surface area contributed by atoms with E-state index in [4.69, 9.17) is 18.8 Å². The highest BCUT2D eigenvalue weighted by atomic mass is 16.4. The molecule has 12 aromatic rings. The molecule has 0 atom stereocenters. The summed E-state index contributed by atoms with van der Waals surface area (Å²) in [6.45, 7) is 13.0. The lowest BCUT2D eigenvalue weighted by Crippen LogP contribution is -2.29. The number of oxazole rings is 2. The van der Waals surface area contributed by atoms with Gasteiger partial charge in [0.1, 0.15) is 11.0 Å². The largest absolute Gasteiger partial charge is 0.439 e. The third kappa shape index (κ3) is 7.07. The highest BCUT2D eigenvalue weighted by Crippen LogP contribution is 2.63. The number of hydrogen-bond acceptors (Lipinski definition) is 6. The minimum Gasteiger partial charge on any atom is -0.439 e. The van der Waals surface area contributed by atoms with E-state index < -0.39 is 16.2 Å². The van der Waals surface area contributed by atoms with Gasteiger partial charge >= 0.3 is 0 Å². The summed E-state index contributed by atoms with van der Waals surface area (Å²) < 4.78 is 14.8. The van der Waals surface area contributed by atoms with Crippen LogP contribution in [-0.2, 0) is 16.2 Å². The number of nitrogens with zero attached hydrogens (tertiary/aromatic N) is 4. The van der Waals surface area contributed by atoms with Crippen molar-refractivity contribution in [1.82, 2.24) is 9.97 Å². The molecular weight excluding hydrogens is 893 g/mol. The van der Waals surface area contributed by atoms with Crippen LogP contribution in [-0.4, -0.2) is 9.97 Å². The lowest BCUT2D eigenvalue weighted by atomic mass is 9.67. The summed E-state index contributed by atoms with van der Waals surface area (Å²) in [5, 5.41) is 4.64. The zero-order chi connectivity index (χ0) is 49.6. The Kier molecular flexibility index (Phi) is 10.1. The predicted octanol–water partition coefficient (Wildman–Crippen LogP) is 18.2. The van der Waals surface area contributed by atoms with Gasteiger partial charge in [-0.1, -0.05) is 199 Å². The normalized spacial score (nSPS) is 13.2. The first kappa shape index (κ1) is 44.2. The molecule has 0 aliphatic heterocycles. The molecule has 0 fully saturated rings. The molecule has 0 unspecified atom stereocenters. The Morgan fingerprint density at radius 2 is 0.699 bits per heavy atom. The molecule has 354 valence electrons. The molecule has 6 heteroatoms. The number of benzene rings is 10. The quantitative estimate of drug-likeness (QED) is 0.151. The minimum atomic E-state index is -0.917. The summed E-state index contributed by atoms with van der Waals surface area (Å²) >= 11 is 0. The van der Waals surface area contributed by atoms with E-state index in [9.17, 15) is 0 Å². The maximum atomic E-state index is 7.40. The lowest BCUT2D eigenvalue weighted by molar-refractivity contribution is 0.410. The fraction of sp³-hybridized carbons (Fsp3) is 0.134. The van der Waals surface area contributed by atoms with Crippen molar-refractivity contribution >= 4 is 77.9 Å². The smallest absolute Gasteiger partial charge is 0.200 e. The number of fused-ring (bicyclic) bond motifs is 9. The monoisotopic (exact) mass is 946 g/mol. The molecule has 1 aliphatic rings. The summed E-state index contributed by atoms with van der Waals surface area (Å²) in [6, 6.07) is 78.6. The molecule has 0 bridgehead atoms. The van der Waals surface area contributed by atoms with Gasteiger partial charge in [-0.05, 0) is 104 Å². The van der Waals surface area contributed by atoms with Crippen molar-refractivity contribution in [2.24, 2.45) is 0 Å². The first-order valence-corrected chi connectivity index (χ1v) is 25.2. The van der Waals surface area contributed by atoms with Gasteiger partial charge in [-0.3, -0.25) is 0 Å². The molecule has 13 rings (SSSR count). The first-order valence-electron chi connectivity index (χ1n) is 25.2. The van der Waals surface area contributed by atoms with Gasteiger partial charge in [0.25, 0.3) is 0 Å². The Hall–Kier alpha value is -8.74. The summed E-state index contributed by atoms with van der Waals surface area (Å²) in [5.74, 6) is 1.30. The first-order chi connectivity index (χ1) is 35.5. The van der Waals surface area contributed by atoms with Gasteiger partial charge in [0.15, 0.2) is 11.2 Å². The maximum Gasteiger partial charge on any atom is 0.200 e. The summed E-state index contributed by atoms with van der Waals surface area (Å²) in [5.41, 5.74) is 13.2. The summed E-state index contributed by atoms with van der Waals surface area (Å²) in [7, 11) is 0. The summed E-state index contributed by atoms with van der Waals surface area (Å²) in [4.78, 5) is 15.9. The Balaban J connectivity index is 1.23. The second kappa shape index (κ2) is 16.7. The van der Waals surface area contributed by atoms with Gasteiger partial charge in [-0.25, -0.2) is 9.97 Å². The predicted molar refractivity (Wildman–Crippen MR) is 301 cm³/mol. The van der Waals surface area contributed by atoms with Crippen molar-refractivity contribution in [1.29, 1.82) is 0 Å². The fourth-order valence-electron chi connectivity index (χ4n) is 11.1. The zero-order valence-corrected chi connectivity index (χ0v) is 41.9. The maximum absolute atomic E-state index is 7.40. The topological polar surface area (TPSA) is 58.5 Å². The van der Waals surface area contributed by atoms with Gasteiger partial charge in [0.2, 0.25) is 11.8 Å². The number of aromatic nitrogens is 2. The molecule has 0 saturated carbocycles. The van der Waals surface area contributed by atoms with Crippen molar-refractivity contribution in [2.45, 2.75) is 57.8 Å². The fourth-order valence-corrected chi connectivity index (χ4v) is 11.1. The second-order valence-electron chi connectivity index (χ2n) is 21.4. The average Bonchev–Trinajstić information content (AvgIpc) is 4.15. The number of rotatable bonds is 8. The third-order valence-corrected chi connectivity index (χ3v) is 14.5. The Morgan fingerprint density at radius 3 is 1.07 bits per heavy atom. The summed E-state index contributed by atoms with van der Waals surface area (Å²) in [6.07, 6.45) is 0. The molecule has 1 aliphatic carbocycles. The Labute approximate surface area is 425 Å². The highest BCUT2D eigenvalue weighted by Gasteiger charge is 2.51. The van der Waals surface area contributed by atoms with Crippen molar-refractivity contribution in [3.63, 3.8) is 0 Å². The van der Waals surface area contributed by atoms with Crippen LogP contribution in [0.25, 0.3) is 54.9 Å². The van der Waals surface area contributed by atoms with E-state index in [0.717, 1.165) is 89.3 Å². The average molecular weight is 947 g/mol. The van der Waals surface area contributed by atoms with Gasteiger partial charge in [-0.2, -0.15) is 0 Å². The van der Waals surface area contributed by atoms with E-state index in [2.05, 4.69) is 270 Å². The number of hydrogen-bond donors (Lipinski definition) is 0. The van der Waals surface area contributed by atoms with Crippen LogP contribution < -0.4 is 9.80 Å². The van der Waals surface area contributed by atoms with Gasteiger partial charge in [-0.15, -0.1) is 0 Å². The zero-order valence-electron chi connectivity index (χ0n) is 41.9. The standard InChI is InChI=1S/C67H54N4O2/c1-65(2,3)63-68-59-55(70(49-31-15-9-16-32-49)51-37-35-43-23-19-21-25-45(43)39-51)41-53-57(61(59)72-63)58-54(67(53,47-27-11-7-12-28-47)48-29-13-8-14-30-48)42-56(60-62(58)73-64(69-60)66(4,5)6)71(50-33-17-10-18-34-50)52-38-36-44-24-20-22-26-46(44)40-52/h7-42H,1-6H3. The van der Waals surface area contributed by atoms with Crippen LogP contribution in [0, 0.1) is 0 Å². The minimum absolute atomic E-state index is 0.429. The number of anilines is 6. The molecule has 0 radical (unpaired) electrons. The van der Waals surface area contributed by atoms with E-state index in [1.54, 1.807) is 0 Å². The Bertz CT molecular complexity index is 3790. The van der Waals surface area contributed by atoms with Crippen molar-refractivity contribution in [3.05, 3.63) is 252 Å². The van der Waals surface area contributed by atoms with Gasteiger partial charge < -0.3 is 18.6 Å². The van der Waals surface area contributed by atoms with E-state index in [-0.39, 0.29) is 0 Å². The molecule has 0 N–H and O–H groups in total. The van der Waals surface area contributed by atoms with Crippen LogP contribution in [0.2, 0.25) is 0 Å². The lowest BCUT2D eigenvalue weighted by Gasteiger charge is -2.35. The van der Waals surface area contributed by atoms with Crippen molar-refractivity contribution in [2.75, 3.05) is 9.80 Å². The molecule has 2 heterocycles. The van der Waals surface area contributed by atoms with Gasteiger partial charge in [0, 0.05) is 44.7 Å². The molecule has 0 spiro atoms. The van der Waals surface area contributed by atoms with Crippen LogP contribution >= 0.6 is 0 Å². The number of para-hydroxylation sites is 2. The Morgan fingerprint density at radius 1 is 0.356 bits per heavy atom. The van der Waals surface area contributed by atoms with E-state index in [1.165, 1.54) is 10.8 Å². The van der Waals surface area contributed by atoms with E-state index in [0.29, 0.717) is 22.9 Å². The van der Waals surface area contributed by atoms with E-state index in [1.807, 2.05) is 0 Å². The molecule has 0 saturated heterocycles. The van der Waals surface area contributed by atoms with E-state index >= 15 is 0 Å². The molecule has 10 aromatic carbocycles. The van der Waals surface area contributed by atoms with Crippen molar-refractivity contribution in [3.8, 4) is 11.1 Å². The van der Waals surface area contributed by atoms with Crippen LogP contribution in [0.15, 0.2) is 227 Å². The van der Waals surface area contributed by atoms with Gasteiger partial charge in [0.05, 0.1) is 16.8 Å². The molecule has 2 aromatic heterocycles. The highest BCUT2D eigenvalue weighted by molar-refractivity contribution is 6.14.